The van der Waals surface area contributed by atoms with Gasteiger partial charge in [-0.3, -0.25) is 19.2 Å². The molecule has 2 fully saturated rings. The zero-order valence-corrected chi connectivity index (χ0v) is 26.7. The van der Waals surface area contributed by atoms with Crippen molar-refractivity contribution in [3.8, 4) is 0 Å². The first kappa shape index (κ1) is 31.7. The van der Waals surface area contributed by atoms with Crippen LogP contribution in [0.1, 0.15) is 40.0 Å². The number of allylic oxidation sites excluding steroid dienone is 1. The third kappa shape index (κ3) is 5.89. The molecule has 0 unspecified atom stereocenters. The number of fused-ring (bicyclic) bond motifs is 2. The number of carbonyl (C=O) groups excluding carboxylic acids is 4. The summed E-state index contributed by atoms with van der Waals surface area (Å²) in [5.41, 5.74) is -0.919. The van der Waals surface area contributed by atoms with Crippen molar-refractivity contribution >= 4 is 56.9 Å². The second kappa shape index (κ2) is 12.7. The van der Waals surface area contributed by atoms with Gasteiger partial charge < -0.3 is 29.7 Å². The van der Waals surface area contributed by atoms with Crippen molar-refractivity contribution in [2.24, 2.45) is 17.8 Å². The van der Waals surface area contributed by atoms with E-state index in [1.54, 1.807) is 42.2 Å². The Balaban J connectivity index is 1.66. The molecule has 4 aliphatic rings. The van der Waals surface area contributed by atoms with Crippen LogP contribution in [0.25, 0.3) is 0 Å². The molecule has 4 aliphatic heterocycles. The molecule has 0 aliphatic carbocycles. The van der Waals surface area contributed by atoms with E-state index in [4.69, 9.17) is 21.1 Å². The van der Waals surface area contributed by atoms with Gasteiger partial charge in [0.2, 0.25) is 11.8 Å². The monoisotopic (exact) mass is 677 g/mol. The van der Waals surface area contributed by atoms with E-state index in [1.165, 1.54) is 4.90 Å². The second-order valence-corrected chi connectivity index (χ2v) is 13.4. The summed E-state index contributed by atoms with van der Waals surface area (Å²) in [5, 5.41) is 13.8. The molecule has 1 spiro atoms. The van der Waals surface area contributed by atoms with Gasteiger partial charge in [-0.15, -0.1) is 0 Å². The number of aliphatic hydroxyl groups is 1. The van der Waals surface area contributed by atoms with Gasteiger partial charge in [-0.1, -0.05) is 53.5 Å². The number of amides is 3. The Morgan fingerprint density at radius 1 is 1.14 bits per heavy atom. The number of aliphatic hydroxyl groups excluding tert-OH is 1. The van der Waals surface area contributed by atoms with E-state index < -0.39 is 59.5 Å². The average molecular weight is 679 g/mol. The number of cyclic esters (lactones) is 1. The van der Waals surface area contributed by atoms with Crippen LogP contribution in [0, 0.1) is 17.8 Å². The van der Waals surface area contributed by atoms with Gasteiger partial charge in [0.05, 0.1) is 25.1 Å². The van der Waals surface area contributed by atoms with Gasteiger partial charge in [0, 0.05) is 28.2 Å². The van der Waals surface area contributed by atoms with Crippen molar-refractivity contribution in [2.75, 3.05) is 24.6 Å². The molecule has 232 valence electrons. The molecule has 0 saturated carbocycles. The lowest BCUT2D eigenvalue weighted by Gasteiger charge is -2.39. The first-order valence-corrected chi connectivity index (χ1v) is 15.8. The SMILES string of the molecule is CC(C)C[C@H](CO)N1C(=O)[C@@H]2[C@H]3C(=O)O[C@@H](C)CNC(=O)CC/C=C\CN(c4ccc(Cl)cc4)C(=O)[C@@H]1[C@]21C=C(Br)[C@H]3O1. The minimum atomic E-state index is -1.47. The third-order valence-electron chi connectivity index (χ3n) is 8.52. The van der Waals surface area contributed by atoms with Gasteiger partial charge >= 0.3 is 5.97 Å². The highest BCUT2D eigenvalue weighted by molar-refractivity contribution is 9.11. The van der Waals surface area contributed by atoms with E-state index in [1.807, 2.05) is 26.0 Å². The van der Waals surface area contributed by atoms with Gasteiger partial charge in [-0.05, 0) is 56.0 Å². The predicted octanol–water partition coefficient (Wildman–Crippen LogP) is 3.35. The van der Waals surface area contributed by atoms with Gasteiger partial charge in [0.25, 0.3) is 5.91 Å². The largest absolute Gasteiger partial charge is 0.460 e. The van der Waals surface area contributed by atoms with Crippen LogP contribution in [0.3, 0.4) is 0 Å². The molecule has 0 radical (unpaired) electrons. The zero-order chi connectivity index (χ0) is 31.1. The van der Waals surface area contributed by atoms with E-state index >= 15 is 0 Å². The maximum absolute atomic E-state index is 14.8. The number of likely N-dealkylation sites (tertiary alicyclic amines) is 1. The Morgan fingerprint density at radius 2 is 1.86 bits per heavy atom. The number of ether oxygens (including phenoxy) is 2. The number of benzene rings is 1. The summed E-state index contributed by atoms with van der Waals surface area (Å²) in [7, 11) is 0. The molecular formula is C31H37BrClN3O7. The number of anilines is 1. The summed E-state index contributed by atoms with van der Waals surface area (Å²) in [5.74, 6) is -3.66. The lowest BCUT2D eigenvalue weighted by atomic mass is 9.74. The average Bonchev–Trinajstić information content (AvgIpc) is 3.55. The molecule has 1 aromatic rings. The molecule has 10 nitrogen and oxygen atoms in total. The molecule has 5 rings (SSSR count). The van der Waals surface area contributed by atoms with Crippen LogP contribution in [0.2, 0.25) is 5.02 Å². The van der Waals surface area contributed by atoms with Crippen molar-refractivity contribution in [1.82, 2.24) is 10.2 Å². The number of nitrogens with zero attached hydrogens (tertiary/aromatic N) is 2. The minimum Gasteiger partial charge on any atom is -0.460 e. The summed E-state index contributed by atoms with van der Waals surface area (Å²) in [6.07, 6.45) is 5.01. The lowest BCUT2D eigenvalue weighted by molar-refractivity contribution is -0.159. The van der Waals surface area contributed by atoms with E-state index in [0.29, 0.717) is 28.0 Å². The third-order valence-corrected chi connectivity index (χ3v) is 9.45. The summed E-state index contributed by atoms with van der Waals surface area (Å²) in [4.78, 5) is 58.4. The van der Waals surface area contributed by atoms with E-state index in [2.05, 4.69) is 21.2 Å². The fourth-order valence-electron chi connectivity index (χ4n) is 6.69. The number of halogens is 2. The van der Waals surface area contributed by atoms with Crippen molar-refractivity contribution in [2.45, 2.75) is 69.9 Å². The Kier molecular flexibility index (Phi) is 9.37. The zero-order valence-electron chi connectivity index (χ0n) is 24.4. The first-order valence-electron chi connectivity index (χ1n) is 14.7. The number of rotatable bonds is 5. The summed E-state index contributed by atoms with van der Waals surface area (Å²) < 4.78 is 12.8. The second-order valence-electron chi connectivity index (χ2n) is 12.0. The Morgan fingerprint density at radius 3 is 2.53 bits per heavy atom. The van der Waals surface area contributed by atoms with Crippen molar-refractivity contribution in [3.63, 3.8) is 0 Å². The molecule has 3 amide bonds. The summed E-state index contributed by atoms with van der Waals surface area (Å²) in [6, 6.07) is 4.94. The Hall–Kier alpha value is -2.73. The van der Waals surface area contributed by atoms with Crippen LogP contribution in [-0.4, -0.2) is 83.3 Å². The van der Waals surface area contributed by atoms with E-state index in [0.717, 1.165) is 0 Å². The van der Waals surface area contributed by atoms with Crippen LogP contribution >= 0.6 is 27.5 Å². The van der Waals surface area contributed by atoms with Gasteiger partial charge in [0.1, 0.15) is 29.8 Å². The molecular weight excluding hydrogens is 642 g/mol. The van der Waals surface area contributed by atoms with E-state index in [9.17, 15) is 24.3 Å². The smallest absolute Gasteiger partial charge is 0.313 e. The highest BCUT2D eigenvalue weighted by Crippen LogP contribution is 2.59. The van der Waals surface area contributed by atoms with Crippen molar-refractivity contribution in [1.29, 1.82) is 0 Å². The standard InChI is InChI=1S/C31H37BrClN3O7/c1-17(2)13-21(16-37)36-27-29(40)35(20-10-8-19(33)9-11-20)12-6-4-5-7-23(38)34-15-18(3)42-30(41)24-25(28(36)39)31(27)14-22(32)26(24)43-31/h4,6,8-11,14,17-18,21,24-27,37H,5,7,12-13,15-16H2,1-3H3,(H,34,38)/b6-4-/t18-,21+,24+,25-,26+,27+,31-/m0/s1. The van der Waals surface area contributed by atoms with Gasteiger partial charge in [-0.2, -0.15) is 0 Å². The quantitative estimate of drug-likeness (QED) is 0.362. The molecule has 2 N–H and O–H groups in total. The summed E-state index contributed by atoms with van der Waals surface area (Å²) >= 11 is 9.71. The number of hydrogen-bond donors (Lipinski definition) is 2. The minimum absolute atomic E-state index is 0.107. The fraction of sp³-hybridized carbons (Fsp3) is 0.548. The molecule has 0 aromatic heterocycles. The van der Waals surface area contributed by atoms with Crippen LogP contribution in [0.15, 0.2) is 47.0 Å². The van der Waals surface area contributed by atoms with Crippen LogP contribution in [0.5, 0.6) is 0 Å². The van der Waals surface area contributed by atoms with Crippen molar-refractivity contribution < 1.29 is 33.8 Å². The lowest BCUT2D eigenvalue weighted by Crippen LogP contribution is -2.59. The predicted molar refractivity (Wildman–Crippen MR) is 163 cm³/mol. The Bertz CT molecular complexity index is 1330. The van der Waals surface area contributed by atoms with Gasteiger partial charge in [-0.25, -0.2) is 0 Å². The molecule has 5 bridgehead atoms. The molecule has 43 heavy (non-hydrogen) atoms. The number of esters is 1. The van der Waals surface area contributed by atoms with Crippen LogP contribution in [0.4, 0.5) is 5.69 Å². The van der Waals surface area contributed by atoms with Crippen LogP contribution < -0.4 is 10.2 Å². The summed E-state index contributed by atoms with van der Waals surface area (Å²) in [6.45, 7) is 5.53. The molecule has 1 aromatic carbocycles. The molecule has 4 heterocycles. The number of carbonyl (C=O) groups is 4. The van der Waals surface area contributed by atoms with E-state index in [-0.39, 0.29) is 37.9 Å². The maximum atomic E-state index is 14.8. The maximum Gasteiger partial charge on any atom is 0.313 e. The van der Waals surface area contributed by atoms with Crippen LogP contribution in [-0.2, 0) is 28.7 Å². The highest BCUT2D eigenvalue weighted by atomic mass is 79.9. The fourth-order valence-corrected chi connectivity index (χ4v) is 7.55. The first-order chi connectivity index (χ1) is 20.5. The van der Waals surface area contributed by atoms with Crippen molar-refractivity contribution in [3.05, 3.63) is 52.0 Å². The topological polar surface area (TPSA) is 125 Å². The normalized spacial score (nSPS) is 32.9. The highest BCUT2D eigenvalue weighted by Gasteiger charge is 2.75. The van der Waals surface area contributed by atoms with Gasteiger partial charge in [0.15, 0.2) is 0 Å². The Labute approximate surface area is 264 Å². The number of nitrogens with one attached hydrogen (secondary N) is 1. The number of hydrogen-bond acceptors (Lipinski definition) is 7. The molecule has 12 heteroatoms. The molecule has 2 saturated heterocycles. The molecule has 7 atom stereocenters.